The molecule has 0 spiro atoms. The Kier molecular flexibility index (Phi) is 6.10. The summed E-state index contributed by atoms with van der Waals surface area (Å²) in [5.74, 6) is -0.0530. The molecule has 0 fully saturated rings. The van der Waals surface area contributed by atoms with Crippen LogP contribution in [0, 0.1) is 0 Å². The zero-order valence-corrected chi connectivity index (χ0v) is 14.6. The van der Waals surface area contributed by atoms with Gasteiger partial charge in [-0.3, -0.25) is 4.79 Å². The molecule has 0 unspecified atom stereocenters. The summed E-state index contributed by atoms with van der Waals surface area (Å²) in [6, 6.07) is 25.6. The van der Waals surface area contributed by atoms with Crippen LogP contribution in [0.1, 0.15) is 21.5 Å². The first-order valence-electron chi connectivity index (χ1n) is 8.53. The van der Waals surface area contributed by atoms with Gasteiger partial charge >= 0.3 is 5.97 Å². The molecule has 3 nitrogen and oxygen atoms in total. The van der Waals surface area contributed by atoms with Gasteiger partial charge in [-0.15, -0.1) is 0 Å². The zero-order chi connectivity index (χ0) is 18.9. The maximum atomic E-state index is 12.1. The highest BCUT2D eigenvalue weighted by atomic mass is 16.5. The lowest BCUT2D eigenvalue weighted by Gasteiger charge is -2.02. The zero-order valence-electron chi connectivity index (χ0n) is 14.6. The Morgan fingerprint density at radius 2 is 1.19 bits per heavy atom. The molecule has 0 N–H and O–H groups in total. The molecule has 3 aromatic carbocycles. The molecular weight excluding hydrogens is 336 g/mol. The number of carbonyl (C=O) groups is 2. The second kappa shape index (κ2) is 9.11. The van der Waals surface area contributed by atoms with Gasteiger partial charge in [-0.2, -0.15) is 0 Å². The number of rotatable bonds is 6. The molecule has 0 atom stereocenters. The number of ketones is 1. The molecule has 3 heteroatoms. The first kappa shape index (κ1) is 18.1. The number of hydrogen-bond acceptors (Lipinski definition) is 3. The van der Waals surface area contributed by atoms with E-state index in [9.17, 15) is 9.59 Å². The molecule has 0 bridgehead atoms. The van der Waals surface area contributed by atoms with Gasteiger partial charge in [-0.05, 0) is 35.4 Å². The van der Waals surface area contributed by atoms with Crippen molar-refractivity contribution in [2.75, 3.05) is 0 Å². The third-order valence-electron chi connectivity index (χ3n) is 3.80. The minimum atomic E-state index is -0.443. The van der Waals surface area contributed by atoms with E-state index >= 15 is 0 Å². The van der Waals surface area contributed by atoms with Gasteiger partial charge in [0.2, 0.25) is 0 Å². The summed E-state index contributed by atoms with van der Waals surface area (Å²) in [6.07, 6.45) is 6.35. The Bertz CT molecular complexity index is 954. The molecule has 0 aliphatic rings. The first-order chi connectivity index (χ1) is 13.2. The van der Waals surface area contributed by atoms with E-state index in [4.69, 9.17) is 4.74 Å². The molecule has 0 amide bonds. The normalized spacial score (nSPS) is 11.0. The highest BCUT2D eigenvalue weighted by Crippen LogP contribution is 2.14. The largest absolute Gasteiger partial charge is 0.423 e. The van der Waals surface area contributed by atoms with E-state index < -0.39 is 5.97 Å². The lowest BCUT2D eigenvalue weighted by atomic mass is 10.1. The van der Waals surface area contributed by atoms with Crippen molar-refractivity contribution in [3.8, 4) is 5.75 Å². The number of allylic oxidation sites excluding steroid dienone is 1. The highest BCUT2D eigenvalue weighted by molar-refractivity contribution is 6.06. The van der Waals surface area contributed by atoms with Crippen molar-refractivity contribution >= 4 is 23.9 Å². The van der Waals surface area contributed by atoms with Gasteiger partial charge in [-0.25, -0.2) is 4.79 Å². The Labute approximate surface area is 158 Å². The molecule has 0 saturated carbocycles. The standard InChI is InChI=1S/C24H18O3/c25-23(21-9-5-2-6-10-21)17-13-20-11-15-22(16-12-20)27-24(26)18-14-19-7-3-1-4-8-19/h1-18H/b17-13?,18-14+. The minimum absolute atomic E-state index is 0.0582. The molecule has 0 aliphatic carbocycles. The summed E-state index contributed by atoms with van der Waals surface area (Å²) in [6.45, 7) is 0. The van der Waals surface area contributed by atoms with Crippen LogP contribution in [-0.4, -0.2) is 11.8 Å². The first-order valence-corrected chi connectivity index (χ1v) is 8.53. The van der Waals surface area contributed by atoms with Gasteiger partial charge in [0.05, 0.1) is 0 Å². The number of hydrogen-bond donors (Lipinski definition) is 0. The predicted molar refractivity (Wildman–Crippen MR) is 107 cm³/mol. The fourth-order valence-corrected chi connectivity index (χ4v) is 2.40. The lowest BCUT2D eigenvalue weighted by molar-refractivity contribution is -0.128. The van der Waals surface area contributed by atoms with Crippen LogP contribution in [0.15, 0.2) is 97.1 Å². The SMILES string of the molecule is O=C(/C=C/c1ccccc1)Oc1ccc(C=CC(=O)c2ccccc2)cc1. The Balaban J connectivity index is 1.57. The monoisotopic (exact) mass is 354 g/mol. The van der Waals surface area contributed by atoms with Gasteiger partial charge in [0.15, 0.2) is 5.78 Å². The third-order valence-corrected chi connectivity index (χ3v) is 3.80. The second-order valence-electron chi connectivity index (χ2n) is 5.80. The highest BCUT2D eigenvalue weighted by Gasteiger charge is 2.02. The molecule has 0 aliphatic heterocycles. The van der Waals surface area contributed by atoms with Crippen molar-refractivity contribution in [2.45, 2.75) is 0 Å². The maximum Gasteiger partial charge on any atom is 0.336 e. The molecule has 3 aromatic rings. The van der Waals surface area contributed by atoms with E-state index in [1.807, 2.05) is 48.5 Å². The molecule has 27 heavy (non-hydrogen) atoms. The van der Waals surface area contributed by atoms with Crippen LogP contribution >= 0.6 is 0 Å². The van der Waals surface area contributed by atoms with Crippen LogP contribution < -0.4 is 4.74 Å². The van der Waals surface area contributed by atoms with E-state index in [1.165, 1.54) is 12.2 Å². The number of ether oxygens (including phenoxy) is 1. The molecule has 0 radical (unpaired) electrons. The van der Waals surface area contributed by atoms with Gasteiger partial charge in [0.25, 0.3) is 0 Å². The Morgan fingerprint density at radius 3 is 1.85 bits per heavy atom. The van der Waals surface area contributed by atoms with Crippen LogP contribution in [0.5, 0.6) is 5.75 Å². The maximum absolute atomic E-state index is 12.1. The predicted octanol–water partition coefficient (Wildman–Crippen LogP) is 5.20. The van der Waals surface area contributed by atoms with Crippen LogP contribution in [0.25, 0.3) is 12.2 Å². The van der Waals surface area contributed by atoms with Gasteiger partial charge in [-0.1, -0.05) is 78.9 Å². The van der Waals surface area contributed by atoms with Crippen LogP contribution in [-0.2, 0) is 4.79 Å². The summed E-state index contributed by atoms with van der Waals surface area (Å²) in [5, 5.41) is 0. The van der Waals surface area contributed by atoms with Gasteiger partial charge < -0.3 is 4.74 Å². The van der Waals surface area contributed by atoms with Crippen LogP contribution in [0.3, 0.4) is 0 Å². The topological polar surface area (TPSA) is 43.4 Å². The fourth-order valence-electron chi connectivity index (χ4n) is 2.40. The van der Waals surface area contributed by atoms with Crippen molar-refractivity contribution in [1.82, 2.24) is 0 Å². The molecule has 0 saturated heterocycles. The molecular formula is C24H18O3. The average molecular weight is 354 g/mol. The number of esters is 1. The summed E-state index contributed by atoms with van der Waals surface area (Å²) >= 11 is 0. The summed E-state index contributed by atoms with van der Waals surface area (Å²) in [4.78, 5) is 23.9. The van der Waals surface area contributed by atoms with Crippen molar-refractivity contribution in [3.63, 3.8) is 0 Å². The van der Waals surface area contributed by atoms with E-state index in [0.29, 0.717) is 11.3 Å². The number of benzene rings is 3. The average Bonchev–Trinajstić information content (AvgIpc) is 2.73. The number of carbonyl (C=O) groups excluding carboxylic acids is 2. The van der Waals surface area contributed by atoms with Crippen molar-refractivity contribution in [2.24, 2.45) is 0 Å². The lowest BCUT2D eigenvalue weighted by Crippen LogP contribution is -2.03. The van der Waals surface area contributed by atoms with Gasteiger partial charge in [0, 0.05) is 11.6 Å². The van der Waals surface area contributed by atoms with Crippen molar-refractivity contribution < 1.29 is 14.3 Å². The Hall–Kier alpha value is -3.72. The van der Waals surface area contributed by atoms with Crippen LogP contribution in [0.2, 0.25) is 0 Å². The molecule has 132 valence electrons. The smallest absolute Gasteiger partial charge is 0.336 e. The van der Waals surface area contributed by atoms with Crippen molar-refractivity contribution in [1.29, 1.82) is 0 Å². The molecule has 0 heterocycles. The Morgan fingerprint density at radius 1 is 0.630 bits per heavy atom. The van der Waals surface area contributed by atoms with E-state index in [0.717, 1.165) is 11.1 Å². The van der Waals surface area contributed by atoms with E-state index in [1.54, 1.807) is 48.6 Å². The van der Waals surface area contributed by atoms with E-state index in [-0.39, 0.29) is 5.78 Å². The summed E-state index contributed by atoms with van der Waals surface area (Å²) in [5.41, 5.74) is 2.42. The van der Waals surface area contributed by atoms with Crippen LogP contribution in [0.4, 0.5) is 0 Å². The third kappa shape index (κ3) is 5.65. The van der Waals surface area contributed by atoms with Crippen molar-refractivity contribution in [3.05, 3.63) is 114 Å². The fraction of sp³-hybridized carbons (Fsp3) is 0. The second-order valence-corrected chi connectivity index (χ2v) is 5.80. The van der Waals surface area contributed by atoms with E-state index in [2.05, 4.69) is 0 Å². The molecule has 0 aromatic heterocycles. The molecule has 3 rings (SSSR count). The summed E-state index contributed by atoms with van der Waals surface area (Å²) < 4.78 is 5.27. The van der Waals surface area contributed by atoms with Gasteiger partial charge in [0.1, 0.15) is 5.75 Å². The minimum Gasteiger partial charge on any atom is -0.423 e. The quantitative estimate of drug-likeness (QED) is 0.264. The summed E-state index contributed by atoms with van der Waals surface area (Å²) in [7, 11) is 0.